The number of hydrogen-bond donors (Lipinski definition) is 0. The van der Waals surface area contributed by atoms with Gasteiger partial charge in [-0.1, -0.05) is 0 Å². The Bertz CT molecular complexity index is 438. The van der Waals surface area contributed by atoms with Crippen LogP contribution in [-0.2, 0) is 9.84 Å². The number of piperidine rings is 1. The Morgan fingerprint density at radius 1 is 1.25 bits per heavy atom. The van der Waals surface area contributed by atoms with Gasteiger partial charge < -0.3 is 4.90 Å². The van der Waals surface area contributed by atoms with E-state index < -0.39 is 9.84 Å². The maximum Gasteiger partial charge on any atom is 0.225 e. The van der Waals surface area contributed by atoms with Gasteiger partial charge in [0.2, 0.25) is 5.95 Å². The normalized spacial score (nSPS) is 18.7. The van der Waals surface area contributed by atoms with Crippen molar-refractivity contribution in [3.05, 3.63) is 18.5 Å². The Kier molecular flexibility index (Phi) is 3.09. The van der Waals surface area contributed by atoms with Gasteiger partial charge in [-0.15, -0.1) is 0 Å². The Labute approximate surface area is 95.4 Å². The summed E-state index contributed by atoms with van der Waals surface area (Å²) in [5.74, 6) is 0.689. The van der Waals surface area contributed by atoms with E-state index in [0.717, 1.165) is 0 Å². The van der Waals surface area contributed by atoms with Gasteiger partial charge in [0.25, 0.3) is 0 Å². The highest BCUT2D eigenvalue weighted by Gasteiger charge is 2.27. The summed E-state index contributed by atoms with van der Waals surface area (Å²) in [6.45, 7) is 1.42. The highest BCUT2D eigenvalue weighted by Crippen LogP contribution is 2.19. The first kappa shape index (κ1) is 11.3. The lowest BCUT2D eigenvalue weighted by Crippen LogP contribution is -2.39. The van der Waals surface area contributed by atoms with Crippen LogP contribution < -0.4 is 4.90 Å². The van der Waals surface area contributed by atoms with E-state index in [0.29, 0.717) is 31.9 Å². The highest BCUT2D eigenvalue weighted by atomic mass is 32.2. The summed E-state index contributed by atoms with van der Waals surface area (Å²) >= 11 is 0. The number of aromatic nitrogens is 2. The van der Waals surface area contributed by atoms with Gasteiger partial charge in [-0.05, 0) is 18.9 Å². The Balaban J connectivity index is 2.01. The second-order valence-corrected chi connectivity index (χ2v) is 6.39. The molecule has 0 amide bonds. The molecule has 1 aliphatic rings. The minimum atomic E-state index is -2.90. The van der Waals surface area contributed by atoms with Crippen LogP contribution in [0.15, 0.2) is 18.5 Å². The van der Waals surface area contributed by atoms with Gasteiger partial charge in [0.05, 0.1) is 5.25 Å². The van der Waals surface area contributed by atoms with Crippen LogP contribution in [0.5, 0.6) is 0 Å². The van der Waals surface area contributed by atoms with Crippen LogP contribution in [0, 0.1) is 0 Å². The second-order valence-electron chi connectivity index (χ2n) is 4.06. The van der Waals surface area contributed by atoms with Gasteiger partial charge in [0, 0.05) is 31.7 Å². The zero-order valence-corrected chi connectivity index (χ0v) is 10.0. The van der Waals surface area contributed by atoms with E-state index in [9.17, 15) is 8.42 Å². The minimum Gasteiger partial charge on any atom is -0.341 e. The van der Waals surface area contributed by atoms with Crippen LogP contribution in [0.25, 0.3) is 0 Å². The molecule has 6 heteroatoms. The van der Waals surface area contributed by atoms with Gasteiger partial charge in [-0.3, -0.25) is 0 Å². The largest absolute Gasteiger partial charge is 0.341 e. The molecule has 0 N–H and O–H groups in total. The monoisotopic (exact) mass is 241 g/mol. The minimum absolute atomic E-state index is 0.201. The van der Waals surface area contributed by atoms with Crippen molar-refractivity contribution >= 4 is 15.8 Å². The molecule has 0 aliphatic carbocycles. The number of nitrogens with zero attached hydrogens (tertiary/aromatic N) is 3. The molecule has 1 fully saturated rings. The molecule has 1 aromatic rings. The van der Waals surface area contributed by atoms with Gasteiger partial charge >= 0.3 is 0 Å². The first-order valence-corrected chi connectivity index (χ1v) is 7.23. The van der Waals surface area contributed by atoms with Crippen molar-refractivity contribution in [1.29, 1.82) is 0 Å². The SMILES string of the molecule is CS(=O)(=O)C1CCN(c2ncccn2)CC1. The van der Waals surface area contributed by atoms with E-state index in [2.05, 4.69) is 9.97 Å². The molecule has 2 heterocycles. The Morgan fingerprint density at radius 2 is 1.81 bits per heavy atom. The third kappa shape index (κ3) is 2.49. The van der Waals surface area contributed by atoms with Crippen molar-refractivity contribution in [3.8, 4) is 0 Å². The predicted molar refractivity (Wildman–Crippen MR) is 62.1 cm³/mol. The molecule has 0 aromatic carbocycles. The van der Waals surface area contributed by atoms with Gasteiger partial charge in [-0.2, -0.15) is 0 Å². The fraction of sp³-hybridized carbons (Fsp3) is 0.600. The molecule has 0 radical (unpaired) electrons. The van der Waals surface area contributed by atoms with E-state index >= 15 is 0 Å². The molecule has 16 heavy (non-hydrogen) atoms. The summed E-state index contributed by atoms with van der Waals surface area (Å²) in [7, 11) is -2.90. The van der Waals surface area contributed by atoms with E-state index in [4.69, 9.17) is 0 Å². The summed E-state index contributed by atoms with van der Waals surface area (Å²) in [5.41, 5.74) is 0. The molecule has 0 spiro atoms. The number of hydrogen-bond acceptors (Lipinski definition) is 5. The van der Waals surface area contributed by atoms with Crippen molar-refractivity contribution in [2.45, 2.75) is 18.1 Å². The third-order valence-corrected chi connectivity index (χ3v) is 4.56. The third-order valence-electron chi connectivity index (χ3n) is 2.88. The topological polar surface area (TPSA) is 63.2 Å². The lowest BCUT2D eigenvalue weighted by atomic mass is 10.1. The molecule has 1 saturated heterocycles. The van der Waals surface area contributed by atoms with E-state index in [-0.39, 0.29) is 5.25 Å². The van der Waals surface area contributed by atoms with Crippen molar-refractivity contribution < 1.29 is 8.42 Å². The van der Waals surface area contributed by atoms with Gasteiger partial charge in [-0.25, -0.2) is 18.4 Å². The molecule has 0 unspecified atom stereocenters. The van der Waals surface area contributed by atoms with Crippen LogP contribution in [0.3, 0.4) is 0 Å². The van der Waals surface area contributed by atoms with E-state index in [1.54, 1.807) is 18.5 Å². The molecule has 0 saturated carbocycles. The fourth-order valence-electron chi connectivity index (χ4n) is 1.94. The summed E-state index contributed by atoms with van der Waals surface area (Å²) in [4.78, 5) is 10.3. The maximum atomic E-state index is 11.4. The Morgan fingerprint density at radius 3 is 2.31 bits per heavy atom. The van der Waals surface area contributed by atoms with Gasteiger partial charge in [0.15, 0.2) is 0 Å². The van der Waals surface area contributed by atoms with Crippen LogP contribution in [0.2, 0.25) is 0 Å². The van der Waals surface area contributed by atoms with Crippen LogP contribution in [0.4, 0.5) is 5.95 Å². The highest BCUT2D eigenvalue weighted by molar-refractivity contribution is 7.91. The molecule has 88 valence electrons. The molecule has 0 bridgehead atoms. The second kappa shape index (κ2) is 4.37. The first-order valence-electron chi connectivity index (χ1n) is 5.28. The molecule has 1 aliphatic heterocycles. The molecular formula is C10H15N3O2S. The lowest BCUT2D eigenvalue weighted by Gasteiger charge is -2.30. The van der Waals surface area contributed by atoms with Crippen molar-refractivity contribution in [3.63, 3.8) is 0 Å². The average molecular weight is 241 g/mol. The lowest BCUT2D eigenvalue weighted by molar-refractivity contribution is 0.530. The zero-order valence-electron chi connectivity index (χ0n) is 9.20. The smallest absolute Gasteiger partial charge is 0.225 e. The fourth-order valence-corrected chi connectivity index (χ4v) is 3.01. The number of anilines is 1. The molecule has 2 rings (SSSR count). The zero-order chi connectivity index (χ0) is 11.6. The molecule has 5 nitrogen and oxygen atoms in total. The quantitative estimate of drug-likeness (QED) is 0.754. The number of sulfone groups is 1. The summed E-state index contributed by atoms with van der Waals surface area (Å²) in [5, 5.41) is -0.201. The standard InChI is InChI=1S/C10H15N3O2S/c1-16(14,15)9-3-7-13(8-4-9)10-11-5-2-6-12-10/h2,5-6,9H,3-4,7-8H2,1H3. The van der Waals surface area contributed by atoms with Gasteiger partial charge in [0.1, 0.15) is 9.84 Å². The summed E-state index contributed by atoms with van der Waals surface area (Å²) < 4.78 is 22.8. The van der Waals surface area contributed by atoms with Crippen molar-refractivity contribution in [2.24, 2.45) is 0 Å². The molecular weight excluding hydrogens is 226 g/mol. The van der Waals surface area contributed by atoms with E-state index in [1.807, 2.05) is 4.90 Å². The summed E-state index contributed by atoms with van der Waals surface area (Å²) in [6, 6.07) is 1.77. The molecule has 1 aromatic heterocycles. The number of rotatable bonds is 2. The average Bonchev–Trinajstić information content (AvgIpc) is 2.29. The van der Waals surface area contributed by atoms with E-state index in [1.165, 1.54) is 6.26 Å². The van der Waals surface area contributed by atoms with Crippen LogP contribution in [-0.4, -0.2) is 43.0 Å². The van der Waals surface area contributed by atoms with Crippen molar-refractivity contribution in [2.75, 3.05) is 24.2 Å². The maximum absolute atomic E-state index is 11.4. The molecule has 0 atom stereocenters. The summed E-state index contributed by atoms with van der Waals surface area (Å²) in [6.07, 6.45) is 6.04. The van der Waals surface area contributed by atoms with Crippen molar-refractivity contribution in [1.82, 2.24) is 9.97 Å². The predicted octanol–water partition coefficient (Wildman–Crippen LogP) is 0.490. The Hall–Kier alpha value is -1.17. The first-order chi connectivity index (χ1) is 7.57. The van der Waals surface area contributed by atoms with Crippen LogP contribution in [0.1, 0.15) is 12.8 Å². The van der Waals surface area contributed by atoms with Crippen LogP contribution >= 0.6 is 0 Å².